The summed E-state index contributed by atoms with van der Waals surface area (Å²) >= 11 is 0. The summed E-state index contributed by atoms with van der Waals surface area (Å²) in [6.45, 7) is 0.00868. The highest BCUT2D eigenvalue weighted by Crippen LogP contribution is 2.61. The standard InChI is InChI=1S/C23H27N3O2/c1-15-9-18(13-25-12-15)16-3-4-17-11-22(7-5-19(27-2)6-8-22)23(20(17)10-16)14-28-21(24)26-23/h3-4,9-10,12-13,19H,5-8,11,14H2,1-2H3,(H2,24,26)/i14D2. The quantitative estimate of drug-likeness (QED) is 0.863. The molecule has 1 unspecified atom stereocenters. The first kappa shape index (κ1) is 15.5. The fraction of sp³-hybridized carbons (Fsp3) is 0.478. The molecule has 1 aromatic heterocycles. The second kappa shape index (κ2) is 6.31. The van der Waals surface area contributed by atoms with E-state index in [1.165, 1.54) is 0 Å². The third kappa shape index (κ3) is 2.49. The van der Waals surface area contributed by atoms with E-state index in [-0.39, 0.29) is 17.5 Å². The van der Waals surface area contributed by atoms with Crippen molar-refractivity contribution in [2.45, 2.75) is 50.7 Å². The average Bonchev–Trinajstić information content (AvgIpc) is 3.13. The lowest BCUT2D eigenvalue weighted by atomic mass is 9.62. The number of aryl methyl sites for hydroxylation is 1. The molecule has 1 aromatic carbocycles. The topological polar surface area (TPSA) is 69.7 Å². The van der Waals surface area contributed by atoms with E-state index >= 15 is 0 Å². The Labute approximate surface area is 168 Å². The fourth-order valence-corrected chi connectivity index (χ4v) is 5.34. The van der Waals surface area contributed by atoms with Crippen LogP contribution in [0.15, 0.2) is 41.7 Å². The lowest BCUT2D eigenvalue weighted by Crippen LogP contribution is -2.46. The van der Waals surface area contributed by atoms with Gasteiger partial charge in [0, 0.05) is 30.5 Å². The summed E-state index contributed by atoms with van der Waals surface area (Å²) in [7, 11) is 1.75. The third-order valence-corrected chi connectivity index (χ3v) is 6.81. The van der Waals surface area contributed by atoms with E-state index in [9.17, 15) is 0 Å². The fourth-order valence-electron chi connectivity index (χ4n) is 5.34. The third-order valence-electron chi connectivity index (χ3n) is 6.81. The van der Waals surface area contributed by atoms with Gasteiger partial charge < -0.3 is 15.2 Å². The average molecular weight is 380 g/mol. The number of benzene rings is 1. The Balaban J connectivity index is 1.68. The minimum Gasteiger partial charge on any atom is -0.462 e. The van der Waals surface area contributed by atoms with E-state index < -0.39 is 12.1 Å². The molecule has 2 aliphatic carbocycles. The van der Waals surface area contributed by atoms with E-state index in [4.69, 9.17) is 22.9 Å². The monoisotopic (exact) mass is 379 g/mol. The summed E-state index contributed by atoms with van der Waals surface area (Å²) in [5.74, 6) is 0. The second-order valence-corrected chi connectivity index (χ2v) is 8.38. The molecular weight excluding hydrogens is 350 g/mol. The Morgan fingerprint density at radius 1 is 1.21 bits per heavy atom. The van der Waals surface area contributed by atoms with Crippen LogP contribution in [0.2, 0.25) is 0 Å². The number of fused-ring (bicyclic) bond motifs is 3. The molecule has 5 nitrogen and oxygen atoms in total. The molecule has 2 spiro atoms. The van der Waals surface area contributed by atoms with Gasteiger partial charge in [0.1, 0.15) is 12.1 Å². The van der Waals surface area contributed by atoms with Gasteiger partial charge in [0.25, 0.3) is 6.02 Å². The van der Waals surface area contributed by atoms with Crippen molar-refractivity contribution in [1.82, 2.24) is 4.98 Å². The molecule has 0 bridgehead atoms. The molecule has 0 radical (unpaired) electrons. The molecule has 2 aromatic rings. The van der Waals surface area contributed by atoms with Gasteiger partial charge in [-0.2, -0.15) is 0 Å². The molecule has 1 fully saturated rings. The lowest BCUT2D eigenvalue weighted by molar-refractivity contribution is -0.00983. The molecule has 5 rings (SSSR count). The Bertz CT molecular complexity index is 1030. The van der Waals surface area contributed by atoms with Gasteiger partial charge in [-0.3, -0.25) is 4.98 Å². The molecule has 5 heteroatoms. The van der Waals surface area contributed by atoms with Crippen LogP contribution in [-0.2, 0) is 21.4 Å². The summed E-state index contributed by atoms with van der Waals surface area (Å²) in [6, 6.07) is 8.32. The van der Waals surface area contributed by atoms with Gasteiger partial charge in [0.05, 0.1) is 8.85 Å². The molecule has 0 amide bonds. The van der Waals surface area contributed by atoms with Crippen molar-refractivity contribution >= 4 is 6.02 Å². The summed E-state index contributed by atoms with van der Waals surface area (Å²) in [4.78, 5) is 9.06. The number of ether oxygens (including phenoxy) is 2. The molecule has 3 aliphatic rings. The number of amidine groups is 1. The van der Waals surface area contributed by atoms with Crippen LogP contribution in [0, 0.1) is 12.3 Å². The first-order chi connectivity index (χ1) is 14.3. The summed E-state index contributed by atoms with van der Waals surface area (Å²) in [5.41, 5.74) is 9.57. The van der Waals surface area contributed by atoms with Crippen LogP contribution in [0.4, 0.5) is 0 Å². The van der Waals surface area contributed by atoms with Crippen molar-refractivity contribution in [3.8, 4) is 11.1 Å². The van der Waals surface area contributed by atoms with E-state index in [2.05, 4.69) is 29.2 Å². The first-order valence-electron chi connectivity index (χ1n) is 10.9. The molecule has 28 heavy (non-hydrogen) atoms. The Morgan fingerprint density at radius 3 is 2.71 bits per heavy atom. The number of aliphatic imine (C=N–C) groups is 1. The molecule has 1 saturated carbocycles. The van der Waals surface area contributed by atoms with Gasteiger partial charge in [-0.15, -0.1) is 0 Å². The number of nitrogens with zero attached hydrogens (tertiary/aromatic N) is 2. The van der Waals surface area contributed by atoms with Crippen LogP contribution in [-0.4, -0.2) is 30.8 Å². The molecule has 1 atom stereocenters. The van der Waals surface area contributed by atoms with Crippen molar-refractivity contribution in [1.29, 1.82) is 0 Å². The van der Waals surface area contributed by atoms with E-state index in [0.29, 0.717) is 0 Å². The normalized spacial score (nSPS) is 33.9. The van der Waals surface area contributed by atoms with Gasteiger partial charge in [0.15, 0.2) is 0 Å². The molecule has 2 N–H and O–H groups in total. The number of pyridine rings is 1. The molecule has 146 valence electrons. The smallest absolute Gasteiger partial charge is 0.283 e. The molecule has 2 heterocycles. The minimum absolute atomic E-state index is 0.0660. The van der Waals surface area contributed by atoms with Crippen LogP contribution in [0.1, 0.15) is 45.1 Å². The zero-order chi connectivity index (χ0) is 21.1. The Morgan fingerprint density at radius 2 is 2.04 bits per heavy atom. The number of hydrogen-bond donors (Lipinski definition) is 1. The molecular formula is C23H27N3O2. The maximum absolute atomic E-state index is 8.86. The lowest BCUT2D eigenvalue weighted by Gasteiger charge is -2.45. The van der Waals surface area contributed by atoms with Crippen LogP contribution in [0.5, 0.6) is 0 Å². The first-order valence-corrected chi connectivity index (χ1v) is 9.93. The van der Waals surface area contributed by atoms with Gasteiger partial charge >= 0.3 is 0 Å². The predicted octanol–water partition coefficient (Wildman–Crippen LogP) is 3.73. The van der Waals surface area contributed by atoms with E-state index in [0.717, 1.165) is 59.9 Å². The van der Waals surface area contributed by atoms with Crippen LogP contribution in [0.3, 0.4) is 0 Å². The van der Waals surface area contributed by atoms with E-state index in [1.54, 1.807) is 7.11 Å². The highest BCUT2D eigenvalue weighted by molar-refractivity contribution is 5.76. The highest BCUT2D eigenvalue weighted by atomic mass is 16.5. The summed E-state index contributed by atoms with van der Waals surface area (Å²) in [5, 5.41) is 0. The SMILES string of the molecule is [2H]C1([2H])OC(N)=NC12c1cc(-c3cncc(C)c3)ccc1CC21CCC(OC)CC1. The van der Waals surface area contributed by atoms with Crippen LogP contribution >= 0.6 is 0 Å². The van der Waals surface area contributed by atoms with E-state index in [1.807, 2.05) is 19.3 Å². The van der Waals surface area contributed by atoms with Crippen molar-refractivity contribution in [3.05, 3.63) is 53.3 Å². The molecule has 0 saturated heterocycles. The van der Waals surface area contributed by atoms with Crippen LogP contribution in [0.25, 0.3) is 11.1 Å². The maximum atomic E-state index is 8.86. The molecule has 1 aliphatic heterocycles. The van der Waals surface area contributed by atoms with Crippen molar-refractivity contribution in [2.24, 2.45) is 16.1 Å². The number of nitrogens with two attached hydrogens (primary N) is 1. The van der Waals surface area contributed by atoms with Gasteiger partial charge in [-0.05, 0) is 73.4 Å². The Kier molecular flexibility index (Phi) is 3.50. The van der Waals surface area contributed by atoms with Crippen LogP contribution < -0.4 is 5.73 Å². The number of methoxy groups -OCH3 is 1. The van der Waals surface area contributed by atoms with Crippen molar-refractivity contribution in [2.75, 3.05) is 13.7 Å². The van der Waals surface area contributed by atoms with Crippen molar-refractivity contribution in [3.63, 3.8) is 0 Å². The number of aromatic nitrogens is 1. The predicted molar refractivity (Wildman–Crippen MR) is 109 cm³/mol. The minimum atomic E-state index is -2.01. The number of hydrogen-bond acceptors (Lipinski definition) is 5. The summed E-state index contributed by atoms with van der Waals surface area (Å²) < 4.78 is 28.8. The van der Waals surface area contributed by atoms with Gasteiger partial charge in [-0.25, -0.2) is 4.99 Å². The van der Waals surface area contributed by atoms with Crippen molar-refractivity contribution < 1.29 is 12.2 Å². The Hall–Kier alpha value is -2.40. The van der Waals surface area contributed by atoms with Gasteiger partial charge in [0.2, 0.25) is 0 Å². The largest absolute Gasteiger partial charge is 0.462 e. The zero-order valence-electron chi connectivity index (χ0n) is 18.4. The maximum Gasteiger partial charge on any atom is 0.283 e. The van der Waals surface area contributed by atoms with Gasteiger partial charge in [-0.1, -0.05) is 12.1 Å². The number of rotatable bonds is 2. The zero-order valence-corrected chi connectivity index (χ0v) is 16.4. The summed E-state index contributed by atoms with van der Waals surface area (Å²) in [6.07, 6.45) is 8.05. The highest BCUT2D eigenvalue weighted by Gasteiger charge is 2.61. The second-order valence-electron chi connectivity index (χ2n) is 8.38.